The van der Waals surface area contributed by atoms with Gasteiger partial charge in [0.25, 0.3) is 0 Å². The van der Waals surface area contributed by atoms with Gasteiger partial charge in [-0.1, -0.05) is 76.2 Å². The molecule has 3 aliphatic carbocycles. The van der Waals surface area contributed by atoms with Crippen molar-refractivity contribution in [2.45, 2.75) is 76.2 Å². The molecule has 3 rings (SSSR count). The molecule has 0 aromatic carbocycles. The van der Waals surface area contributed by atoms with E-state index in [2.05, 4.69) is 76.2 Å². The van der Waals surface area contributed by atoms with E-state index in [1.165, 1.54) is 0 Å². The highest BCUT2D eigenvalue weighted by Crippen LogP contribution is 2.77. The normalized spacial score (nSPS) is 56.2. The Bertz CT molecular complexity index is 482. The maximum Gasteiger partial charge on any atom is -0.0246 e. The summed E-state index contributed by atoms with van der Waals surface area (Å²) in [6.07, 6.45) is 0. The Labute approximate surface area is 146 Å². The fourth-order valence-electron chi connectivity index (χ4n) is 8.26. The summed E-state index contributed by atoms with van der Waals surface area (Å²) in [5, 5.41) is 0. The first-order chi connectivity index (χ1) is 10.3. The smallest absolute Gasteiger partial charge is 0.0246 e. The van der Waals surface area contributed by atoms with Crippen molar-refractivity contribution in [2.75, 3.05) is 0 Å². The van der Waals surface area contributed by atoms with E-state index < -0.39 is 0 Å². The Morgan fingerprint density at radius 2 is 0.826 bits per heavy atom. The highest BCUT2D eigenvalue weighted by Gasteiger charge is 2.72. The minimum absolute atomic E-state index is 0.407. The average Bonchev–Trinajstić information content (AvgIpc) is 2.81. The molecule has 23 heavy (non-hydrogen) atoms. The van der Waals surface area contributed by atoms with E-state index in [1.807, 2.05) is 0 Å². The van der Waals surface area contributed by atoms with Gasteiger partial charge in [-0.25, -0.2) is 0 Å². The average molecular weight is 319 g/mol. The van der Waals surface area contributed by atoms with E-state index in [0.717, 1.165) is 53.3 Å². The lowest BCUT2D eigenvalue weighted by Crippen LogP contribution is -2.48. The summed E-state index contributed by atoms with van der Waals surface area (Å²) in [6.45, 7) is 28.4. The summed E-state index contributed by atoms with van der Waals surface area (Å²) in [5.41, 5.74) is 1.27. The van der Waals surface area contributed by atoms with E-state index in [-0.39, 0.29) is 0 Å². The van der Waals surface area contributed by atoms with Gasteiger partial charge in [-0.05, 0) is 69.5 Å². The van der Waals surface area contributed by atoms with Crippen LogP contribution in [0.2, 0.25) is 0 Å². The molecule has 3 fully saturated rings. The van der Waals surface area contributed by atoms with Crippen LogP contribution in [0, 0.1) is 69.5 Å². The second-order valence-corrected chi connectivity index (χ2v) is 11.6. The lowest BCUT2D eigenvalue weighted by Gasteiger charge is -2.54. The fourth-order valence-corrected chi connectivity index (χ4v) is 8.26. The predicted molar refractivity (Wildman–Crippen MR) is 101 cm³/mol. The van der Waals surface area contributed by atoms with Crippen LogP contribution in [0.1, 0.15) is 76.2 Å². The van der Waals surface area contributed by atoms with Crippen LogP contribution >= 0.6 is 0 Å². The van der Waals surface area contributed by atoms with Crippen molar-refractivity contribution in [3.63, 3.8) is 0 Å². The van der Waals surface area contributed by atoms with E-state index in [4.69, 9.17) is 0 Å². The van der Waals surface area contributed by atoms with Crippen LogP contribution in [-0.2, 0) is 0 Å². The Kier molecular flexibility index (Phi) is 3.71. The zero-order valence-corrected chi connectivity index (χ0v) is 17.7. The van der Waals surface area contributed by atoms with Gasteiger partial charge in [-0.15, -0.1) is 0 Å². The zero-order chi connectivity index (χ0) is 17.7. The third kappa shape index (κ3) is 1.80. The molecule has 0 saturated heterocycles. The maximum atomic E-state index is 2.62. The van der Waals surface area contributed by atoms with Gasteiger partial charge in [0.1, 0.15) is 0 Å². The Morgan fingerprint density at radius 1 is 0.435 bits per heavy atom. The van der Waals surface area contributed by atoms with Crippen molar-refractivity contribution < 1.29 is 0 Å². The molecule has 3 aliphatic rings. The second-order valence-electron chi connectivity index (χ2n) is 11.6. The summed E-state index contributed by atoms with van der Waals surface area (Å²) < 4.78 is 0. The van der Waals surface area contributed by atoms with Gasteiger partial charge in [0.15, 0.2) is 0 Å². The lowest BCUT2D eigenvalue weighted by molar-refractivity contribution is -0.0576. The summed E-state index contributed by atoms with van der Waals surface area (Å²) in [7, 11) is 0. The predicted octanol–water partition coefficient (Wildman–Crippen LogP) is 6.75. The van der Waals surface area contributed by atoms with E-state index in [1.54, 1.807) is 0 Å². The molecular weight excluding hydrogens is 276 g/mol. The summed E-state index contributed by atoms with van der Waals surface area (Å²) in [4.78, 5) is 0. The van der Waals surface area contributed by atoms with Crippen LogP contribution in [-0.4, -0.2) is 0 Å². The molecule has 0 aromatic heterocycles. The molecule has 0 heteroatoms. The third-order valence-electron chi connectivity index (χ3n) is 11.0. The molecule has 0 nitrogen and oxygen atoms in total. The molecule has 134 valence electrons. The van der Waals surface area contributed by atoms with Crippen LogP contribution in [0.25, 0.3) is 0 Å². The summed E-state index contributed by atoms with van der Waals surface area (Å²) >= 11 is 0. The molecule has 0 heterocycles. The summed E-state index contributed by atoms with van der Waals surface area (Å²) in [6, 6.07) is 0. The molecule has 0 amide bonds. The van der Waals surface area contributed by atoms with Gasteiger partial charge in [0.05, 0.1) is 0 Å². The van der Waals surface area contributed by atoms with Gasteiger partial charge in [0, 0.05) is 0 Å². The third-order valence-corrected chi connectivity index (χ3v) is 11.0. The van der Waals surface area contributed by atoms with Crippen molar-refractivity contribution in [1.29, 1.82) is 0 Å². The lowest BCUT2D eigenvalue weighted by atomic mass is 9.51. The Hall–Kier alpha value is 0. The first kappa shape index (κ1) is 17.8. The topological polar surface area (TPSA) is 0 Å². The molecule has 9 atom stereocenters. The first-order valence-electron chi connectivity index (χ1n) is 10.3. The quantitative estimate of drug-likeness (QED) is 0.463. The minimum atomic E-state index is 0.407. The number of rotatable bonds is 0. The van der Waals surface area contributed by atoms with E-state index in [9.17, 15) is 0 Å². The first-order valence-corrected chi connectivity index (χ1v) is 10.3. The highest BCUT2D eigenvalue weighted by atomic mass is 14.8. The molecule has 0 N–H and O–H groups in total. The summed E-state index contributed by atoms with van der Waals surface area (Å²) in [5.74, 6) is 8.09. The molecule has 0 spiro atoms. The molecule has 0 aliphatic heterocycles. The van der Waals surface area contributed by atoms with Gasteiger partial charge in [-0.3, -0.25) is 0 Å². The van der Waals surface area contributed by atoms with Crippen molar-refractivity contribution in [3.05, 3.63) is 0 Å². The highest BCUT2D eigenvalue weighted by molar-refractivity contribution is 5.20. The van der Waals surface area contributed by atoms with Crippen molar-refractivity contribution >= 4 is 0 Å². The SMILES string of the molecule is CC1C(C)C(C)C2C(C1C)C(C)C1C2C(C)(C)C(C)(C)C1(C)C. The largest absolute Gasteiger partial charge is 0.0620 e. The van der Waals surface area contributed by atoms with Gasteiger partial charge in [-0.2, -0.15) is 0 Å². The molecule has 9 unspecified atom stereocenters. The maximum absolute atomic E-state index is 2.62. The van der Waals surface area contributed by atoms with Crippen LogP contribution in [0.4, 0.5) is 0 Å². The van der Waals surface area contributed by atoms with Gasteiger partial charge >= 0.3 is 0 Å². The van der Waals surface area contributed by atoms with E-state index >= 15 is 0 Å². The number of hydrogen-bond donors (Lipinski definition) is 0. The monoisotopic (exact) mass is 318 g/mol. The van der Waals surface area contributed by atoms with Crippen molar-refractivity contribution in [3.8, 4) is 0 Å². The molecule has 3 saturated carbocycles. The van der Waals surface area contributed by atoms with Crippen LogP contribution in [0.5, 0.6) is 0 Å². The van der Waals surface area contributed by atoms with Crippen LogP contribution < -0.4 is 0 Å². The Balaban J connectivity index is 2.15. The fraction of sp³-hybridized carbons (Fsp3) is 1.00. The molecule has 0 bridgehead atoms. The van der Waals surface area contributed by atoms with Gasteiger partial charge < -0.3 is 0 Å². The molecule has 0 radical (unpaired) electrons. The minimum Gasteiger partial charge on any atom is -0.0620 e. The number of fused-ring (bicyclic) bond motifs is 3. The van der Waals surface area contributed by atoms with Gasteiger partial charge in [0.2, 0.25) is 0 Å². The molecular formula is C23H42. The van der Waals surface area contributed by atoms with Crippen LogP contribution in [0.15, 0.2) is 0 Å². The standard InChI is InChI=1S/C23H42/c1-12-13(2)15(4)18-17(14(12)3)16(5)19-20(18)22(8,9)23(10,11)21(19,6)7/h12-20H,1-11H3. The number of hydrogen-bond acceptors (Lipinski definition) is 0. The molecule has 0 aromatic rings. The zero-order valence-electron chi connectivity index (χ0n) is 17.7. The Morgan fingerprint density at radius 3 is 1.30 bits per heavy atom. The van der Waals surface area contributed by atoms with Crippen LogP contribution in [0.3, 0.4) is 0 Å². The van der Waals surface area contributed by atoms with Crippen molar-refractivity contribution in [1.82, 2.24) is 0 Å². The second kappa shape index (κ2) is 4.79. The van der Waals surface area contributed by atoms with Crippen molar-refractivity contribution in [2.24, 2.45) is 69.5 Å². The van der Waals surface area contributed by atoms with E-state index in [0.29, 0.717) is 16.2 Å².